The van der Waals surface area contributed by atoms with Gasteiger partial charge < -0.3 is 14.8 Å². The Hall–Kier alpha value is -3.12. The first-order valence-corrected chi connectivity index (χ1v) is 9.67. The molecule has 1 aliphatic heterocycles. The molecule has 2 aromatic carbocycles. The molecule has 7 heteroatoms. The zero-order valence-corrected chi connectivity index (χ0v) is 16.6. The zero-order valence-electron chi connectivity index (χ0n) is 15.9. The van der Waals surface area contributed by atoms with Gasteiger partial charge in [0.2, 0.25) is 0 Å². The van der Waals surface area contributed by atoms with E-state index < -0.39 is 0 Å². The molecule has 0 saturated carbocycles. The summed E-state index contributed by atoms with van der Waals surface area (Å²) in [6, 6.07) is 11.4. The Kier molecular flexibility index (Phi) is 5.62. The third-order valence-corrected chi connectivity index (χ3v) is 4.95. The largest absolute Gasteiger partial charge is 0.486 e. The van der Waals surface area contributed by atoms with Gasteiger partial charge in [0.05, 0.1) is 11.6 Å². The van der Waals surface area contributed by atoms with Crippen LogP contribution >= 0.6 is 11.6 Å². The van der Waals surface area contributed by atoms with Crippen LogP contribution in [0.5, 0.6) is 11.5 Å². The number of nitrogens with zero attached hydrogens (tertiary/aromatic N) is 2. The van der Waals surface area contributed by atoms with Crippen LogP contribution in [0, 0.1) is 6.92 Å². The van der Waals surface area contributed by atoms with Crippen molar-refractivity contribution in [2.45, 2.75) is 19.4 Å². The lowest BCUT2D eigenvalue weighted by atomic mass is 10.0. The van der Waals surface area contributed by atoms with Gasteiger partial charge in [0.1, 0.15) is 23.9 Å². The number of carbonyl (C=O) groups excluding carboxylic acids is 1. The summed E-state index contributed by atoms with van der Waals surface area (Å²) in [6.45, 7) is 2.34. The van der Waals surface area contributed by atoms with Gasteiger partial charge in [-0.1, -0.05) is 29.3 Å². The molecule has 1 aliphatic rings. The molecule has 6 nitrogen and oxygen atoms in total. The second-order valence-electron chi connectivity index (χ2n) is 6.92. The number of benzene rings is 2. The first-order valence-electron chi connectivity index (χ1n) is 9.29. The number of ether oxygens (including phenoxy) is 2. The van der Waals surface area contributed by atoms with Crippen LogP contribution in [-0.2, 0) is 11.2 Å². The molecule has 0 spiro atoms. The van der Waals surface area contributed by atoms with Gasteiger partial charge in [-0.15, -0.1) is 0 Å². The average Bonchev–Trinajstić information content (AvgIpc) is 3.16. The Morgan fingerprint density at radius 1 is 1.21 bits per heavy atom. The summed E-state index contributed by atoms with van der Waals surface area (Å²) in [5.41, 5.74) is 3.98. The maximum absolute atomic E-state index is 12.1. The molecule has 0 saturated heterocycles. The van der Waals surface area contributed by atoms with Crippen LogP contribution in [0.2, 0.25) is 5.02 Å². The molecular weight excluding hydrogens is 390 g/mol. The number of hydrogen-bond acceptors (Lipinski definition) is 5. The van der Waals surface area contributed by atoms with E-state index in [1.807, 2.05) is 43.3 Å². The summed E-state index contributed by atoms with van der Waals surface area (Å²) in [7, 11) is 0. The van der Waals surface area contributed by atoms with Crippen molar-refractivity contribution >= 4 is 17.5 Å². The Morgan fingerprint density at radius 2 is 1.97 bits per heavy atom. The van der Waals surface area contributed by atoms with Crippen LogP contribution in [0.1, 0.15) is 11.1 Å². The van der Waals surface area contributed by atoms with E-state index in [9.17, 15) is 4.79 Å². The number of nitrogens with one attached hydrogen (secondary N) is 1. The first-order chi connectivity index (χ1) is 14.1. The molecule has 0 bridgehead atoms. The summed E-state index contributed by atoms with van der Waals surface area (Å²) >= 11 is 6.41. The van der Waals surface area contributed by atoms with E-state index in [0.29, 0.717) is 29.5 Å². The van der Waals surface area contributed by atoms with Crippen molar-refractivity contribution in [3.63, 3.8) is 0 Å². The number of amides is 1. The Bertz CT molecular complexity index is 1010. The molecule has 0 aliphatic carbocycles. The van der Waals surface area contributed by atoms with Gasteiger partial charge >= 0.3 is 0 Å². The molecule has 29 heavy (non-hydrogen) atoms. The molecule has 0 radical (unpaired) electrons. The van der Waals surface area contributed by atoms with Crippen molar-refractivity contribution in [3.05, 3.63) is 71.3 Å². The number of carbonyl (C=O) groups is 1. The summed E-state index contributed by atoms with van der Waals surface area (Å²) < 4.78 is 11.4. The predicted octanol–water partition coefficient (Wildman–Crippen LogP) is 3.60. The number of aromatic nitrogens is 2. The van der Waals surface area contributed by atoms with Crippen LogP contribution in [0.15, 0.2) is 55.1 Å². The fourth-order valence-electron chi connectivity index (χ4n) is 3.18. The molecule has 1 amide bonds. The lowest BCUT2D eigenvalue weighted by Crippen LogP contribution is -2.37. The summed E-state index contributed by atoms with van der Waals surface area (Å²) in [5.74, 6) is 1.14. The monoisotopic (exact) mass is 409 g/mol. The quantitative estimate of drug-likeness (QED) is 0.673. The maximum atomic E-state index is 12.1. The topological polar surface area (TPSA) is 73.3 Å². The van der Waals surface area contributed by atoms with Crippen molar-refractivity contribution in [3.8, 4) is 22.6 Å². The normalized spacial score (nSPS) is 14.8. The van der Waals surface area contributed by atoms with Crippen molar-refractivity contribution in [1.29, 1.82) is 0 Å². The molecule has 0 fully saturated rings. The number of aryl methyl sites for hydroxylation is 1. The Balaban J connectivity index is 1.32. The average molecular weight is 410 g/mol. The van der Waals surface area contributed by atoms with Crippen LogP contribution in [0.3, 0.4) is 0 Å². The van der Waals surface area contributed by atoms with Gasteiger partial charge in [-0.2, -0.15) is 0 Å². The van der Waals surface area contributed by atoms with Crippen molar-refractivity contribution in [2.24, 2.45) is 0 Å². The van der Waals surface area contributed by atoms with Crippen molar-refractivity contribution in [2.75, 3.05) is 13.2 Å². The smallest absolute Gasteiger partial charge is 0.258 e. The van der Waals surface area contributed by atoms with Gasteiger partial charge in [-0.3, -0.25) is 4.79 Å². The Labute approximate surface area is 173 Å². The Morgan fingerprint density at radius 3 is 2.72 bits per heavy atom. The molecule has 148 valence electrons. The minimum Gasteiger partial charge on any atom is -0.486 e. The first kappa shape index (κ1) is 19.2. The van der Waals surface area contributed by atoms with Gasteiger partial charge in [0.25, 0.3) is 5.91 Å². The number of halogens is 1. The standard InChI is InChI=1S/C22H20ClN3O3/c1-14-2-4-18(5-3-14)28-12-21(27)26-11-19-7-16-6-15(8-20(23)22(16)29-19)17-9-24-13-25-10-17/h2-6,8-10,13,19H,7,11-12H2,1H3,(H,26,27)/t19-/m0/s1. The third-order valence-electron chi connectivity index (χ3n) is 4.66. The zero-order chi connectivity index (χ0) is 20.2. The molecule has 1 aromatic heterocycles. The highest BCUT2D eigenvalue weighted by molar-refractivity contribution is 6.32. The highest BCUT2D eigenvalue weighted by atomic mass is 35.5. The molecule has 4 rings (SSSR count). The number of hydrogen-bond donors (Lipinski definition) is 1. The van der Waals surface area contributed by atoms with E-state index in [4.69, 9.17) is 21.1 Å². The second kappa shape index (κ2) is 8.49. The minimum atomic E-state index is -0.196. The number of fused-ring (bicyclic) bond motifs is 1. The van der Waals surface area contributed by atoms with Gasteiger partial charge in [0.15, 0.2) is 6.61 Å². The number of rotatable bonds is 6. The highest BCUT2D eigenvalue weighted by Gasteiger charge is 2.26. The predicted molar refractivity (Wildman–Crippen MR) is 110 cm³/mol. The molecule has 2 heterocycles. The minimum absolute atomic E-state index is 0.0400. The summed E-state index contributed by atoms with van der Waals surface area (Å²) in [5, 5.41) is 3.39. The van der Waals surface area contributed by atoms with Crippen LogP contribution < -0.4 is 14.8 Å². The lowest BCUT2D eigenvalue weighted by molar-refractivity contribution is -0.123. The van der Waals surface area contributed by atoms with E-state index >= 15 is 0 Å². The fourth-order valence-corrected chi connectivity index (χ4v) is 3.46. The van der Waals surface area contributed by atoms with Crippen molar-refractivity contribution < 1.29 is 14.3 Å². The molecule has 1 N–H and O–H groups in total. The fraction of sp³-hybridized carbons (Fsp3) is 0.227. The summed E-state index contributed by atoms with van der Waals surface area (Å²) in [6.07, 6.45) is 5.46. The molecule has 0 unspecified atom stereocenters. The van der Waals surface area contributed by atoms with E-state index in [0.717, 1.165) is 22.3 Å². The maximum Gasteiger partial charge on any atom is 0.258 e. The van der Waals surface area contributed by atoms with E-state index in [1.54, 1.807) is 12.4 Å². The second-order valence-corrected chi connectivity index (χ2v) is 7.33. The van der Waals surface area contributed by atoms with Crippen LogP contribution in [-0.4, -0.2) is 35.1 Å². The SMILES string of the molecule is Cc1ccc(OCC(=O)NC[C@@H]2Cc3cc(-c4cncnc4)cc(Cl)c3O2)cc1. The molecule has 1 atom stereocenters. The van der Waals surface area contributed by atoms with Gasteiger partial charge in [-0.05, 0) is 36.8 Å². The lowest BCUT2D eigenvalue weighted by Gasteiger charge is -2.13. The molecule has 3 aromatic rings. The van der Waals surface area contributed by atoms with Gasteiger partial charge in [0, 0.05) is 29.9 Å². The third kappa shape index (κ3) is 4.66. The molecular formula is C22H20ClN3O3. The van der Waals surface area contributed by atoms with Crippen molar-refractivity contribution in [1.82, 2.24) is 15.3 Å². The van der Waals surface area contributed by atoms with Gasteiger partial charge in [-0.25, -0.2) is 9.97 Å². The van der Waals surface area contributed by atoms with Crippen LogP contribution in [0.4, 0.5) is 0 Å². The van der Waals surface area contributed by atoms with Crippen LogP contribution in [0.25, 0.3) is 11.1 Å². The van der Waals surface area contributed by atoms with E-state index in [1.165, 1.54) is 6.33 Å². The highest BCUT2D eigenvalue weighted by Crippen LogP contribution is 2.39. The summed E-state index contributed by atoms with van der Waals surface area (Å²) in [4.78, 5) is 20.2. The van der Waals surface area contributed by atoms with E-state index in [2.05, 4.69) is 15.3 Å². The van der Waals surface area contributed by atoms with E-state index in [-0.39, 0.29) is 18.6 Å².